The highest BCUT2D eigenvalue weighted by atomic mass is 79.9. The van der Waals surface area contributed by atoms with Gasteiger partial charge in [0.15, 0.2) is 17.2 Å². The van der Waals surface area contributed by atoms with Gasteiger partial charge in [0.05, 0.1) is 0 Å². The van der Waals surface area contributed by atoms with Crippen LogP contribution < -0.4 is 0 Å². The van der Waals surface area contributed by atoms with Gasteiger partial charge in [-0.3, -0.25) is 4.79 Å². The molecule has 0 saturated carbocycles. The number of aryl methyl sites for hydroxylation is 1. The van der Waals surface area contributed by atoms with E-state index >= 15 is 0 Å². The van der Waals surface area contributed by atoms with Crippen molar-refractivity contribution in [2.75, 3.05) is 0 Å². The second kappa shape index (κ2) is 4.87. The lowest BCUT2D eigenvalue weighted by atomic mass is 10.1. The lowest BCUT2D eigenvalue weighted by Crippen LogP contribution is -1.99. The number of furan rings is 1. The summed E-state index contributed by atoms with van der Waals surface area (Å²) in [6.45, 7) is 1.90. The predicted octanol–water partition coefficient (Wildman–Crippen LogP) is 4.87. The molecule has 1 heterocycles. The van der Waals surface area contributed by atoms with Gasteiger partial charge in [-0.25, -0.2) is 4.39 Å². The van der Waals surface area contributed by atoms with E-state index < -0.39 is 5.82 Å². The molecule has 3 aromatic rings. The first-order valence-electron chi connectivity index (χ1n) is 6.05. The van der Waals surface area contributed by atoms with E-state index in [1.807, 2.05) is 13.0 Å². The fourth-order valence-corrected chi connectivity index (χ4v) is 2.31. The van der Waals surface area contributed by atoms with Crippen molar-refractivity contribution in [1.29, 1.82) is 0 Å². The molecule has 4 heteroatoms. The van der Waals surface area contributed by atoms with Crippen molar-refractivity contribution in [3.63, 3.8) is 0 Å². The van der Waals surface area contributed by atoms with Crippen molar-refractivity contribution in [3.05, 3.63) is 69.6 Å². The van der Waals surface area contributed by atoms with Gasteiger partial charge in [-0.05, 0) is 42.8 Å². The second-order valence-electron chi connectivity index (χ2n) is 4.56. The third-order valence-electron chi connectivity index (χ3n) is 3.14. The Bertz CT molecular complexity index is 820. The number of halogens is 2. The molecule has 0 amide bonds. The molecule has 0 aliphatic rings. The van der Waals surface area contributed by atoms with E-state index in [1.54, 1.807) is 30.3 Å². The molecule has 0 unspecified atom stereocenters. The van der Waals surface area contributed by atoms with Crippen LogP contribution in [0, 0.1) is 12.7 Å². The Labute approximate surface area is 123 Å². The summed E-state index contributed by atoms with van der Waals surface area (Å²) in [5.41, 5.74) is 1.59. The molecular weight excluding hydrogens is 323 g/mol. The number of ketones is 1. The zero-order valence-electron chi connectivity index (χ0n) is 10.6. The first-order chi connectivity index (χ1) is 9.56. The number of para-hydroxylation sites is 1. The molecule has 0 N–H and O–H groups in total. The summed E-state index contributed by atoms with van der Waals surface area (Å²) in [4.78, 5) is 12.4. The number of fused-ring (bicyclic) bond motifs is 1. The summed E-state index contributed by atoms with van der Waals surface area (Å²) in [5.74, 6) is -0.573. The molecular formula is C16H10BrFO2. The number of hydrogen-bond donors (Lipinski definition) is 0. The largest absolute Gasteiger partial charge is 0.449 e. The minimum Gasteiger partial charge on any atom is -0.449 e. The highest BCUT2D eigenvalue weighted by molar-refractivity contribution is 9.10. The summed E-state index contributed by atoms with van der Waals surface area (Å²) in [6.07, 6.45) is 0. The van der Waals surface area contributed by atoms with Crippen LogP contribution in [0.4, 0.5) is 4.39 Å². The van der Waals surface area contributed by atoms with Gasteiger partial charge in [0.2, 0.25) is 5.78 Å². The molecule has 0 radical (unpaired) electrons. The molecule has 100 valence electrons. The summed E-state index contributed by atoms with van der Waals surface area (Å²) in [7, 11) is 0. The van der Waals surface area contributed by atoms with Crippen LogP contribution in [0.3, 0.4) is 0 Å². The quantitative estimate of drug-likeness (QED) is 0.626. The standard InChI is InChI=1S/C16H10BrFO2/c1-9-7-10(5-6-12(9)17)15(19)14-8-11-3-2-4-13(18)16(11)20-14/h2-8H,1H3. The normalized spacial score (nSPS) is 10.9. The van der Waals surface area contributed by atoms with E-state index in [0.717, 1.165) is 10.0 Å². The molecule has 1 aromatic heterocycles. The van der Waals surface area contributed by atoms with Crippen LogP contribution in [0.1, 0.15) is 21.7 Å². The van der Waals surface area contributed by atoms with E-state index in [4.69, 9.17) is 4.42 Å². The molecule has 0 aliphatic carbocycles. The van der Waals surface area contributed by atoms with Crippen molar-refractivity contribution >= 4 is 32.7 Å². The molecule has 0 spiro atoms. The number of rotatable bonds is 2. The van der Waals surface area contributed by atoms with Gasteiger partial charge >= 0.3 is 0 Å². The van der Waals surface area contributed by atoms with Crippen LogP contribution in [0.15, 0.2) is 51.4 Å². The fraction of sp³-hybridized carbons (Fsp3) is 0.0625. The lowest BCUT2D eigenvalue weighted by Gasteiger charge is -2.01. The van der Waals surface area contributed by atoms with E-state index in [0.29, 0.717) is 10.9 Å². The third kappa shape index (κ3) is 2.16. The van der Waals surface area contributed by atoms with Gasteiger partial charge in [0.25, 0.3) is 0 Å². The molecule has 0 atom stereocenters. The van der Waals surface area contributed by atoms with Crippen LogP contribution in [-0.2, 0) is 0 Å². The maximum atomic E-state index is 13.6. The molecule has 2 nitrogen and oxygen atoms in total. The van der Waals surface area contributed by atoms with Crippen LogP contribution in [0.25, 0.3) is 11.0 Å². The smallest absolute Gasteiger partial charge is 0.228 e. The van der Waals surface area contributed by atoms with Crippen LogP contribution in [0.5, 0.6) is 0 Å². The SMILES string of the molecule is Cc1cc(C(=O)c2cc3cccc(F)c3o2)ccc1Br. The second-order valence-corrected chi connectivity index (χ2v) is 5.42. The van der Waals surface area contributed by atoms with Gasteiger partial charge in [0.1, 0.15) is 0 Å². The van der Waals surface area contributed by atoms with Crippen molar-refractivity contribution in [2.45, 2.75) is 6.92 Å². The Balaban J connectivity index is 2.08. The van der Waals surface area contributed by atoms with E-state index in [9.17, 15) is 9.18 Å². The summed E-state index contributed by atoms with van der Waals surface area (Å²) in [5, 5.41) is 0.585. The number of hydrogen-bond acceptors (Lipinski definition) is 2. The van der Waals surface area contributed by atoms with Gasteiger partial charge in [-0.15, -0.1) is 0 Å². The minimum absolute atomic E-state index is 0.115. The zero-order chi connectivity index (χ0) is 14.3. The van der Waals surface area contributed by atoms with E-state index in [1.165, 1.54) is 6.07 Å². The molecule has 2 aromatic carbocycles. The summed E-state index contributed by atoms with van der Waals surface area (Å²) < 4.78 is 19.9. The van der Waals surface area contributed by atoms with E-state index in [2.05, 4.69) is 15.9 Å². The zero-order valence-corrected chi connectivity index (χ0v) is 12.2. The summed E-state index contributed by atoms with van der Waals surface area (Å²) >= 11 is 3.39. The molecule has 0 fully saturated rings. The average molecular weight is 333 g/mol. The topological polar surface area (TPSA) is 30.2 Å². The molecule has 0 bridgehead atoms. The number of carbonyl (C=O) groups is 1. The van der Waals surface area contributed by atoms with E-state index in [-0.39, 0.29) is 17.1 Å². The number of benzene rings is 2. The van der Waals surface area contributed by atoms with Gasteiger partial charge in [-0.1, -0.05) is 28.1 Å². The highest BCUT2D eigenvalue weighted by Gasteiger charge is 2.16. The molecule has 3 rings (SSSR count). The Morgan fingerprint density at radius 3 is 2.70 bits per heavy atom. The third-order valence-corrected chi connectivity index (χ3v) is 4.03. The maximum Gasteiger partial charge on any atom is 0.228 e. The van der Waals surface area contributed by atoms with Gasteiger partial charge in [-0.2, -0.15) is 0 Å². The van der Waals surface area contributed by atoms with Crippen LogP contribution in [-0.4, -0.2) is 5.78 Å². The van der Waals surface area contributed by atoms with Gasteiger partial charge < -0.3 is 4.42 Å². The molecule has 20 heavy (non-hydrogen) atoms. The Hall–Kier alpha value is -1.94. The first-order valence-corrected chi connectivity index (χ1v) is 6.84. The lowest BCUT2D eigenvalue weighted by molar-refractivity contribution is 0.101. The average Bonchev–Trinajstić information content (AvgIpc) is 2.86. The van der Waals surface area contributed by atoms with Crippen molar-refractivity contribution in [2.24, 2.45) is 0 Å². The summed E-state index contributed by atoms with van der Waals surface area (Å²) in [6, 6.07) is 11.5. The monoisotopic (exact) mass is 332 g/mol. The number of carbonyl (C=O) groups excluding carboxylic acids is 1. The molecule has 0 aliphatic heterocycles. The van der Waals surface area contributed by atoms with Crippen LogP contribution >= 0.6 is 15.9 Å². The van der Waals surface area contributed by atoms with Gasteiger partial charge in [0, 0.05) is 15.4 Å². The minimum atomic E-state index is -0.464. The van der Waals surface area contributed by atoms with Crippen LogP contribution in [0.2, 0.25) is 0 Å². The van der Waals surface area contributed by atoms with Crippen molar-refractivity contribution < 1.29 is 13.6 Å². The first kappa shape index (κ1) is 13.1. The van der Waals surface area contributed by atoms with Crippen molar-refractivity contribution in [3.8, 4) is 0 Å². The fourth-order valence-electron chi connectivity index (χ4n) is 2.07. The predicted molar refractivity (Wildman–Crippen MR) is 78.5 cm³/mol. The highest BCUT2D eigenvalue weighted by Crippen LogP contribution is 2.25. The Morgan fingerprint density at radius 2 is 2.00 bits per heavy atom. The Kier molecular flexibility index (Phi) is 3.18. The Morgan fingerprint density at radius 1 is 1.20 bits per heavy atom. The van der Waals surface area contributed by atoms with Crippen molar-refractivity contribution in [1.82, 2.24) is 0 Å². The molecule has 0 saturated heterocycles. The maximum absolute atomic E-state index is 13.6.